The lowest BCUT2D eigenvalue weighted by atomic mass is 10.0. The van der Waals surface area contributed by atoms with Gasteiger partial charge in [0.2, 0.25) is 0 Å². The molecule has 0 amide bonds. The van der Waals surface area contributed by atoms with Gasteiger partial charge in [-0.15, -0.1) is 0 Å². The zero-order valence-corrected chi connectivity index (χ0v) is 12.1. The van der Waals surface area contributed by atoms with Crippen molar-refractivity contribution in [1.29, 1.82) is 0 Å². The molecule has 100 valence electrons. The molecule has 3 rings (SSSR count). The molecule has 1 aliphatic rings. The van der Waals surface area contributed by atoms with Crippen LogP contribution in [0, 0.1) is 0 Å². The number of halogens is 1. The maximum absolute atomic E-state index is 5.77. The predicted molar refractivity (Wildman–Crippen MR) is 79.1 cm³/mol. The molecule has 0 spiro atoms. The standard InChI is InChI=1S/C13H15BrN4O/c1-19-18-7-10(11-4-5-16-13(15)17-11)9-6-8(14)2-3-12(9)18/h2-3,6-7,11H,4-5H2,1H3,(H3,15,16,17)/t11-/m1/s1. The Morgan fingerprint density at radius 2 is 2.37 bits per heavy atom. The number of aliphatic imine (C=N–C) groups is 1. The van der Waals surface area contributed by atoms with Gasteiger partial charge in [0, 0.05) is 22.0 Å². The molecule has 0 fully saturated rings. The van der Waals surface area contributed by atoms with Crippen LogP contribution in [0.15, 0.2) is 33.9 Å². The van der Waals surface area contributed by atoms with Crippen LogP contribution in [0.1, 0.15) is 18.0 Å². The molecule has 2 heterocycles. The molecule has 1 aromatic heterocycles. The Balaban J connectivity index is 2.12. The van der Waals surface area contributed by atoms with Crippen molar-refractivity contribution in [2.45, 2.75) is 12.5 Å². The highest BCUT2D eigenvalue weighted by Crippen LogP contribution is 2.30. The van der Waals surface area contributed by atoms with Gasteiger partial charge in [-0.25, -0.2) is 0 Å². The Bertz CT molecular complexity index is 649. The molecule has 0 aliphatic carbocycles. The molecule has 0 bridgehead atoms. The minimum atomic E-state index is 0.172. The first-order chi connectivity index (χ1) is 9.19. The average molecular weight is 323 g/mol. The van der Waals surface area contributed by atoms with E-state index in [2.05, 4.69) is 32.3 Å². The molecule has 0 saturated heterocycles. The van der Waals surface area contributed by atoms with E-state index in [4.69, 9.17) is 10.6 Å². The number of nitrogens with one attached hydrogen (secondary N) is 1. The summed E-state index contributed by atoms with van der Waals surface area (Å²) in [6, 6.07) is 6.31. The highest BCUT2D eigenvalue weighted by Gasteiger charge is 2.21. The molecule has 0 saturated carbocycles. The molecular weight excluding hydrogens is 308 g/mol. The number of benzene rings is 1. The minimum Gasteiger partial charge on any atom is -0.417 e. The average Bonchev–Trinajstić information content (AvgIpc) is 2.76. The second-order valence-electron chi connectivity index (χ2n) is 4.51. The summed E-state index contributed by atoms with van der Waals surface area (Å²) in [5, 5.41) is 4.38. The predicted octanol–water partition coefficient (Wildman–Crippen LogP) is 1.81. The van der Waals surface area contributed by atoms with Crippen LogP contribution in [0.4, 0.5) is 0 Å². The van der Waals surface area contributed by atoms with E-state index in [-0.39, 0.29) is 6.04 Å². The number of hydrogen-bond donors (Lipinski definition) is 2. The zero-order chi connectivity index (χ0) is 13.4. The summed E-state index contributed by atoms with van der Waals surface area (Å²) < 4.78 is 2.83. The van der Waals surface area contributed by atoms with Crippen LogP contribution in [-0.4, -0.2) is 24.3 Å². The van der Waals surface area contributed by atoms with Crippen molar-refractivity contribution in [1.82, 2.24) is 10.0 Å². The third-order valence-electron chi connectivity index (χ3n) is 3.36. The topological polar surface area (TPSA) is 64.6 Å². The Kier molecular flexibility index (Phi) is 3.10. The molecule has 2 aromatic rings. The van der Waals surface area contributed by atoms with Crippen LogP contribution in [0.3, 0.4) is 0 Å². The SMILES string of the molecule is COn1cc([C@H]2CCN=C(N)N2)c2cc(Br)ccc21. The van der Waals surface area contributed by atoms with Gasteiger partial charge < -0.3 is 15.9 Å². The Morgan fingerprint density at radius 1 is 1.53 bits per heavy atom. The van der Waals surface area contributed by atoms with E-state index in [1.807, 2.05) is 18.3 Å². The molecule has 1 atom stereocenters. The van der Waals surface area contributed by atoms with Crippen molar-refractivity contribution in [2.24, 2.45) is 10.7 Å². The number of nitrogens with two attached hydrogens (primary N) is 1. The van der Waals surface area contributed by atoms with Crippen LogP contribution < -0.4 is 15.9 Å². The number of hydrogen-bond acceptors (Lipinski definition) is 4. The van der Waals surface area contributed by atoms with Gasteiger partial charge >= 0.3 is 0 Å². The summed E-state index contributed by atoms with van der Waals surface area (Å²) in [5.74, 6) is 0.504. The molecule has 1 aromatic carbocycles. The molecule has 0 unspecified atom stereocenters. The van der Waals surface area contributed by atoms with Crippen molar-refractivity contribution in [2.75, 3.05) is 13.7 Å². The fourth-order valence-corrected chi connectivity index (χ4v) is 2.83. The van der Waals surface area contributed by atoms with E-state index in [9.17, 15) is 0 Å². The van der Waals surface area contributed by atoms with Crippen LogP contribution in [0.5, 0.6) is 0 Å². The minimum absolute atomic E-state index is 0.172. The zero-order valence-electron chi connectivity index (χ0n) is 10.6. The largest absolute Gasteiger partial charge is 0.417 e. The summed E-state index contributed by atoms with van der Waals surface area (Å²) in [7, 11) is 1.66. The van der Waals surface area contributed by atoms with Gasteiger partial charge in [0.25, 0.3) is 0 Å². The van der Waals surface area contributed by atoms with Gasteiger partial charge in [-0.3, -0.25) is 4.99 Å². The summed E-state index contributed by atoms with van der Waals surface area (Å²) in [6.07, 6.45) is 2.93. The smallest absolute Gasteiger partial charge is 0.189 e. The quantitative estimate of drug-likeness (QED) is 0.886. The molecule has 6 heteroatoms. The second kappa shape index (κ2) is 4.77. The summed E-state index contributed by atoms with van der Waals surface area (Å²) in [4.78, 5) is 9.54. The lowest BCUT2D eigenvalue weighted by molar-refractivity contribution is 0.178. The summed E-state index contributed by atoms with van der Waals surface area (Å²) in [6.45, 7) is 0.747. The van der Waals surface area contributed by atoms with Crippen LogP contribution in [0.25, 0.3) is 10.9 Å². The van der Waals surface area contributed by atoms with E-state index < -0.39 is 0 Å². The normalized spacial score (nSPS) is 19.1. The highest BCUT2D eigenvalue weighted by atomic mass is 79.9. The van der Waals surface area contributed by atoms with Crippen molar-refractivity contribution in [3.63, 3.8) is 0 Å². The van der Waals surface area contributed by atoms with Gasteiger partial charge in [-0.1, -0.05) is 15.9 Å². The first-order valence-electron chi connectivity index (χ1n) is 6.10. The lowest BCUT2D eigenvalue weighted by Gasteiger charge is -2.22. The lowest BCUT2D eigenvalue weighted by Crippen LogP contribution is -2.38. The molecular formula is C13H15BrN4O. The Labute approximate surface area is 119 Å². The Hall–Kier alpha value is -1.69. The highest BCUT2D eigenvalue weighted by molar-refractivity contribution is 9.10. The maximum atomic E-state index is 5.77. The van der Waals surface area contributed by atoms with Gasteiger partial charge in [0.1, 0.15) is 7.11 Å². The van der Waals surface area contributed by atoms with Gasteiger partial charge in [0.15, 0.2) is 5.96 Å². The molecule has 19 heavy (non-hydrogen) atoms. The molecule has 0 radical (unpaired) electrons. The van der Waals surface area contributed by atoms with Crippen molar-refractivity contribution in [3.8, 4) is 0 Å². The third-order valence-corrected chi connectivity index (χ3v) is 3.85. The van der Waals surface area contributed by atoms with Crippen LogP contribution >= 0.6 is 15.9 Å². The Morgan fingerprint density at radius 3 is 3.11 bits per heavy atom. The van der Waals surface area contributed by atoms with Crippen LogP contribution in [0.2, 0.25) is 0 Å². The van der Waals surface area contributed by atoms with E-state index in [1.54, 1.807) is 11.8 Å². The van der Waals surface area contributed by atoms with Crippen molar-refractivity contribution in [3.05, 3.63) is 34.4 Å². The monoisotopic (exact) mass is 322 g/mol. The van der Waals surface area contributed by atoms with E-state index >= 15 is 0 Å². The van der Waals surface area contributed by atoms with E-state index in [0.29, 0.717) is 5.96 Å². The number of fused-ring (bicyclic) bond motifs is 1. The third kappa shape index (κ3) is 2.16. The first kappa shape index (κ1) is 12.3. The fraction of sp³-hybridized carbons (Fsp3) is 0.308. The van der Waals surface area contributed by atoms with Crippen molar-refractivity contribution < 1.29 is 4.84 Å². The molecule has 3 N–H and O–H groups in total. The molecule has 1 aliphatic heterocycles. The van der Waals surface area contributed by atoms with E-state index in [1.165, 1.54) is 5.56 Å². The van der Waals surface area contributed by atoms with Gasteiger partial charge in [0.05, 0.1) is 17.8 Å². The van der Waals surface area contributed by atoms with Crippen LogP contribution in [-0.2, 0) is 0 Å². The number of aromatic nitrogens is 1. The summed E-state index contributed by atoms with van der Waals surface area (Å²) in [5.41, 5.74) is 7.99. The van der Waals surface area contributed by atoms with Crippen molar-refractivity contribution >= 4 is 32.8 Å². The second-order valence-corrected chi connectivity index (χ2v) is 5.42. The number of guanidine groups is 1. The molecule has 5 nitrogen and oxygen atoms in total. The number of rotatable bonds is 2. The van der Waals surface area contributed by atoms with E-state index in [0.717, 1.165) is 28.3 Å². The van der Waals surface area contributed by atoms with Gasteiger partial charge in [-0.2, -0.15) is 4.73 Å². The van der Waals surface area contributed by atoms with Gasteiger partial charge in [-0.05, 0) is 24.6 Å². The maximum Gasteiger partial charge on any atom is 0.189 e. The number of nitrogens with zero attached hydrogens (tertiary/aromatic N) is 2. The summed E-state index contributed by atoms with van der Waals surface area (Å²) >= 11 is 3.51. The fourth-order valence-electron chi connectivity index (χ4n) is 2.47. The first-order valence-corrected chi connectivity index (χ1v) is 6.90.